The van der Waals surface area contributed by atoms with Crippen LogP contribution in [0.15, 0.2) is 140 Å². The van der Waals surface area contributed by atoms with Gasteiger partial charge in [-0.05, 0) is 118 Å². The number of rotatable bonds is 6. The maximum Gasteiger partial charge on any atom is 0.417 e. The third-order valence-electron chi connectivity index (χ3n) is 12.4. The molecule has 0 unspecified atom stereocenters. The van der Waals surface area contributed by atoms with Gasteiger partial charge in [-0.3, -0.25) is 0 Å². The minimum atomic E-state index is -5.14. The van der Waals surface area contributed by atoms with Crippen molar-refractivity contribution in [2.45, 2.75) is 40.0 Å². The highest BCUT2D eigenvalue weighted by molar-refractivity contribution is 6.12. The Bertz CT molecular complexity index is 3940. The summed E-state index contributed by atoms with van der Waals surface area (Å²) in [5.41, 5.74) is 1.96. The predicted molar refractivity (Wildman–Crippen MR) is 257 cm³/mol. The lowest BCUT2D eigenvalue weighted by Gasteiger charge is -2.22. The molecule has 7 aromatic carbocycles. The van der Waals surface area contributed by atoms with Crippen LogP contribution >= 0.6 is 0 Å². The zero-order valence-corrected chi connectivity index (χ0v) is 37.6. The summed E-state index contributed by atoms with van der Waals surface area (Å²) in [7, 11) is 0. The number of hydrogen-bond donors (Lipinski definition) is 0. The molecular formula is C55H35F6N9. The van der Waals surface area contributed by atoms with E-state index in [-0.39, 0.29) is 16.7 Å². The van der Waals surface area contributed by atoms with Gasteiger partial charge in [0.15, 0.2) is 11.6 Å². The Hall–Kier alpha value is -8.77. The van der Waals surface area contributed by atoms with Crippen molar-refractivity contribution in [3.63, 3.8) is 0 Å². The number of nitriles is 1. The Morgan fingerprint density at radius 2 is 0.871 bits per heavy atom. The van der Waals surface area contributed by atoms with E-state index in [1.165, 1.54) is 12.1 Å². The molecule has 0 saturated heterocycles. The molecule has 0 bridgehead atoms. The van der Waals surface area contributed by atoms with Gasteiger partial charge in [0, 0.05) is 49.4 Å². The summed E-state index contributed by atoms with van der Waals surface area (Å²) in [6.07, 6.45) is -10.3. The Balaban J connectivity index is 1.24. The van der Waals surface area contributed by atoms with Gasteiger partial charge < -0.3 is 9.13 Å². The normalized spacial score (nSPS) is 12.1. The number of aromatic nitrogens is 8. The molecule has 0 spiro atoms. The van der Waals surface area contributed by atoms with Crippen LogP contribution in [0.4, 0.5) is 26.3 Å². The van der Waals surface area contributed by atoms with Gasteiger partial charge in [-0.25, -0.2) is 29.9 Å². The topological polar surface area (TPSA) is 111 Å². The third-order valence-corrected chi connectivity index (χ3v) is 12.4. The van der Waals surface area contributed by atoms with Gasteiger partial charge in [-0.15, -0.1) is 0 Å². The summed E-state index contributed by atoms with van der Waals surface area (Å²) >= 11 is 0. The molecule has 0 aliphatic carbocycles. The van der Waals surface area contributed by atoms with Crippen molar-refractivity contribution in [1.29, 1.82) is 5.26 Å². The van der Waals surface area contributed by atoms with Crippen molar-refractivity contribution in [3.8, 4) is 62.5 Å². The minimum Gasteiger partial charge on any atom is -0.309 e. The maximum atomic E-state index is 15.0. The zero-order chi connectivity index (χ0) is 48.8. The molecule has 4 aromatic heterocycles. The Morgan fingerprint density at radius 1 is 0.414 bits per heavy atom. The first kappa shape index (κ1) is 43.8. The van der Waals surface area contributed by atoms with Crippen molar-refractivity contribution >= 4 is 43.6 Å². The van der Waals surface area contributed by atoms with Crippen molar-refractivity contribution in [3.05, 3.63) is 180 Å². The van der Waals surface area contributed by atoms with Crippen molar-refractivity contribution < 1.29 is 26.3 Å². The van der Waals surface area contributed by atoms with E-state index in [9.17, 15) is 31.6 Å². The smallest absolute Gasteiger partial charge is 0.309 e. The summed E-state index contributed by atoms with van der Waals surface area (Å²) in [5, 5.41) is 13.7. The van der Waals surface area contributed by atoms with Gasteiger partial charge in [0.05, 0.1) is 56.2 Å². The fourth-order valence-electron chi connectivity index (χ4n) is 9.68. The van der Waals surface area contributed by atoms with Crippen LogP contribution in [0.3, 0.4) is 0 Å². The molecule has 11 rings (SSSR count). The molecule has 0 fully saturated rings. The molecule has 9 nitrogen and oxygen atoms in total. The fourth-order valence-corrected chi connectivity index (χ4v) is 9.68. The monoisotopic (exact) mass is 935 g/mol. The van der Waals surface area contributed by atoms with E-state index in [0.717, 1.165) is 38.7 Å². The lowest BCUT2D eigenvalue weighted by atomic mass is 9.90. The molecule has 70 heavy (non-hydrogen) atoms. The number of halogens is 6. The highest BCUT2D eigenvalue weighted by atomic mass is 19.4. The number of fused-ring (bicyclic) bond motifs is 6. The standard InChI is InChI=1S/C55H35F6N9/c1-29-63-30(2)66-52(65-29)35-18-22-48-41(26-35)37-10-5-7-14-45(37)69(48)47-21-17-34(51-43(54(56,57)58)12-9-13-44(51)55(59,60)61)25-40(47)39-20-16-33(28-62)24-50(39)70-46-15-8-6-11-38(46)42-27-36(19-23-49(42)70)53-67-31(3)64-32(4)68-53/h5-27H,1-4H3. The second-order valence-electron chi connectivity index (χ2n) is 17.0. The van der Waals surface area contributed by atoms with E-state index in [4.69, 9.17) is 0 Å². The van der Waals surface area contributed by atoms with Crippen LogP contribution in [0.5, 0.6) is 0 Å². The van der Waals surface area contributed by atoms with E-state index in [0.29, 0.717) is 86.1 Å². The SMILES string of the molecule is Cc1nc(C)nc(-c2ccc3c(c2)c2ccccc2n3-c2ccc(-c3c(C(F)(F)F)cccc3C(F)(F)F)cc2-c2ccc(C#N)cc2-n2c3ccccc3c3cc(-c4nc(C)nc(C)n4)ccc32)n1. The van der Waals surface area contributed by atoms with Crippen LogP contribution in [-0.4, -0.2) is 39.0 Å². The highest BCUT2D eigenvalue weighted by Gasteiger charge is 2.41. The lowest BCUT2D eigenvalue weighted by molar-refractivity contribution is -0.142. The number of nitrogens with zero attached hydrogens (tertiary/aromatic N) is 9. The lowest BCUT2D eigenvalue weighted by Crippen LogP contribution is -2.14. The summed E-state index contributed by atoms with van der Waals surface area (Å²) in [6.45, 7) is 7.14. The van der Waals surface area contributed by atoms with Crippen LogP contribution in [0.25, 0.3) is 100 Å². The Labute approximate surface area is 395 Å². The van der Waals surface area contributed by atoms with Crippen LogP contribution in [0.2, 0.25) is 0 Å². The van der Waals surface area contributed by atoms with Gasteiger partial charge in [0.2, 0.25) is 0 Å². The molecule has 15 heteroatoms. The first-order valence-electron chi connectivity index (χ1n) is 22.0. The zero-order valence-electron chi connectivity index (χ0n) is 37.6. The average molecular weight is 936 g/mol. The van der Waals surface area contributed by atoms with Gasteiger partial charge in [-0.2, -0.15) is 31.6 Å². The number of para-hydroxylation sites is 2. The van der Waals surface area contributed by atoms with Crippen molar-refractivity contribution in [2.75, 3.05) is 0 Å². The Morgan fingerprint density at radius 3 is 1.36 bits per heavy atom. The van der Waals surface area contributed by atoms with Crippen molar-refractivity contribution in [2.24, 2.45) is 0 Å². The van der Waals surface area contributed by atoms with E-state index in [1.807, 2.05) is 94.1 Å². The predicted octanol–water partition coefficient (Wildman–Crippen LogP) is 14.1. The van der Waals surface area contributed by atoms with Gasteiger partial charge in [0.1, 0.15) is 23.3 Å². The number of hydrogen-bond acceptors (Lipinski definition) is 7. The summed E-state index contributed by atoms with van der Waals surface area (Å²) in [4.78, 5) is 27.0. The molecule has 0 saturated carbocycles. The summed E-state index contributed by atoms with van der Waals surface area (Å²) < 4.78 is 93.6. The van der Waals surface area contributed by atoms with E-state index < -0.39 is 29.0 Å². The number of aryl methyl sites for hydroxylation is 4. The van der Waals surface area contributed by atoms with E-state index in [2.05, 4.69) is 36.0 Å². The maximum absolute atomic E-state index is 15.0. The van der Waals surface area contributed by atoms with E-state index >= 15 is 0 Å². The molecule has 0 aliphatic rings. The third kappa shape index (κ3) is 7.36. The van der Waals surface area contributed by atoms with Crippen molar-refractivity contribution in [1.82, 2.24) is 39.0 Å². The van der Waals surface area contributed by atoms with Gasteiger partial charge >= 0.3 is 12.4 Å². The van der Waals surface area contributed by atoms with E-state index in [1.54, 1.807) is 52.0 Å². The molecule has 4 heterocycles. The second-order valence-corrected chi connectivity index (χ2v) is 17.0. The first-order valence-corrected chi connectivity index (χ1v) is 22.0. The van der Waals surface area contributed by atoms with Crippen LogP contribution in [-0.2, 0) is 12.4 Å². The molecule has 0 atom stereocenters. The highest BCUT2D eigenvalue weighted by Crippen LogP contribution is 2.48. The van der Waals surface area contributed by atoms with Crippen LogP contribution in [0, 0.1) is 39.0 Å². The fraction of sp³-hybridized carbons (Fsp3) is 0.109. The number of benzene rings is 7. The molecule has 0 radical (unpaired) electrons. The Kier molecular flexibility index (Phi) is 10.1. The first-order chi connectivity index (χ1) is 33.5. The van der Waals surface area contributed by atoms with Crippen LogP contribution in [0.1, 0.15) is 40.0 Å². The summed E-state index contributed by atoms with van der Waals surface area (Å²) in [5.74, 6) is 3.15. The molecule has 0 N–H and O–H groups in total. The van der Waals surface area contributed by atoms with Gasteiger partial charge in [-0.1, -0.05) is 54.6 Å². The molecule has 11 aromatic rings. The molecule has 0 amide bonds. The van der Waals surface area contributed by atoms with Gasteiger partial charge in [0.25, 0.3) is 0 Å². The molecule has 342 valence electrons. The molecular weight excluding hydrogens is 901 g/mol. The number of alkyl halides is 6. The minimum absolute atomic E-state index is 0.269. The average Bonchev–Trinajstić information content (AvgIpc) is 3.84. The quantitative estimate of drug-likeness (QED) is 0.153. The largest absolute Gasteiger partial charge is 0.417 e. The molecule has 0 aliphatic heterocycles. The second kappa shape index (κ2) is 16.2. The summed E-state index contributed by atoms with van der Waals surface area (Å²) in [6, 6.07) is 40.3. The van der Waals surface area contributed by atoms with Crippen LogP contribution < -0.4 is 0 Å².